The van der Waals surface area contributed by atoms with E-state index < -0.39 is 0 Å². The molecular formula is C17H28O2. The van der Waals surface area contributed by atoms with Gasteiger partial charge in [0.25, 0.3) is 0 Å². The van der Waals surface area contributed by atoms with E-state index in [9.17, 15) is 4.79 Å². The van der Waals surface area contributed by atoms with E-state index >= 15 is 0 Å². The summed E-state index contributed by atoms with van der Waals surface area (Å²) >= 11 is 0. The summed E-state index contributed by atoms with van der Waals surface area (Å²) in [4.78, 5) is 11.6. The quantitative estimate of drug-likeness (QED) is 0.659. The fourth-order valence-electron chi connectivity index (χ4n) is 5.59. The average Bonchev–Trinajstić information content (AvgIpc) is 2.30. The predicted molar refractivity (Wildman–Crippen MR) is 75.7 cm³/mol. The lowest BCUT2D eigenvalue weighted by molar-refractivity contribution is -0.199. The lowest BCUT2D eigenvalue weighted by Gasteiger charge is -2.59. The van der Waals surface area contributed by atoms with Crippen molar-refractivity contribution in [3.63, 3.8) is 0 Å². The lowest BCUT2D eigenvalue weighted by Crippen LogP contribution is -2.57. The second kappa shape index (κ2) is 3.99. The van der Waals surface area contributed by atoms with Crippen LogP contribution in [-0.4, -0.2) is 11.6 Å². The van der Waals surface area contributed by atoms with Crippen LogP contribution >= 0.6 is 0 Å². The molecule has 0 amide bonds. The zero-order valence-corrected chi connectivity index (χ0v) is 12.9. The van der Waals surface area contributed by atoms with Crippen molar-refractivity contribution in [2.45, 2.75) is 78.2 Å². The number of rotatable bonds is 1. The third-order valence-electron chi connectivity index (χ3n) is 6.42. The van der Waals surface area contributed by atoms with Crippen LogP contribution < -0.4 is 0 Å². The van der Waals surface area contributed by atoms with Gasteiger partial charge in [0.2, 0.25) is 0 Å². The Balaban J connectivity index is 1.95. The largest absolute Gasteiger partial charge is 0.459 e. The first-order valence-corrected chi connectivity index (χ1v) is 7.96. The minimum absolute atomic E-state index is 0.0744. The van der Waals surface area contributed by atoms with Gasteiger partial charge in [-0.15, -0.1) is 0 Å². The molecule has 3 fully saturated rings. The zero-order valence-electron chi connectivity index (χ0n) is 12.9. The molecular weight excluding hydrogens is 236 g/mol. The highest BCUT2D eigenvalue weighted by Gasteiger charge is 2.62. The van der Waals surface area contributed by atoms with Crippen LogP contribution in [0.4, 0.5) is 0 Å². The molecule has 0 heterocycles. The summed E-state index contributed by atoms with van der Waals surface area (Å²) in [6.45, 7) is 8.80. The molecule has 108 valence electrons. The Labute approximate surface area is 117 Å². The molecule has 0 saturated heterocycles. The molecule has 3 aliphatic rings. The van der Waals surface area contributed by atoms with Gasteiger partial charge in [-0.1, -0.05) is 20.8 Å². The smallest absolute Gasteiger partial charge is 0.303 e. The van der Waals surface area contributed by atoms with Crippen molar-refractivity contribution in [3.05, 3.63) is 0 Å². The van der Waals surface area contributed by atoms with E-state index in [1.165, 1.54) is 32.1 Å². The van der Waals surface area contributed by atoms with Gasteiger partial charge in [0.1, 0.15) is 5.60 Å². The second-order valence-corrected chi connectivity index (χ2v) is 8.44. The minimum atomic E-state index is -0.129. The summed E-state index contributed by atoms with van der Waals surface area (Å²) in [5.74, 6) is 1.30. The summed E-state index contributed by atoms with van der Waals surface area (Å²) in [6, 6.07) is 0. The molecule has 4 atom stereocenters. The molecule has 2 bridgehead atoms. The van der Waals surface area contributed by atoms with E-state index in [1.807, 2.05) is 0 Å². The van der Waals surface area contributed by atoms with E-state index in [2.05, 4.69) is 20.8 Å². The van der Waals surface area contributed by atoms with E-state index in [0.29, 0.717) is 16.7 Å². The van der Waals surface area contributed by atoms with Gasteiger partial charge in [-0.2, -0.15) is 0 Å². The van der Waals surface area contributed by atoms with Crippen LogP contribution in [-0.2, 0) is 9.53 Å². The first-order chi connectivity index (χ1) is 8.77. The third-order valence-corrected chi connectivity index (χ3v) is 6.42. The zero-order chi connectivity index (χ0) is 13.9. The summed E-state index contributed by atoms with van der Waals surface area (Å²) < 4.78 is 5.98. The minimum Gasteiger partial charge on any atom is -0.459 e. The standard InChI is InChI=1S/C17H28O2/c1-12(18)19-17-8-5-7-16(4,11-17)9-6-13-14(17)10-15(13,2)3/h13-14H,5-11H2,1-4H3/t13-,14?,16?,17-/m1/s1. The normalized spacial score (nSPS) is 47.6. The highest BCUT2D eigenvalue weighted by molar-refractivity contribution is 5.66. The highest BCUT2D eigenvalue weighted by atomic mass is 16.6. The second-order valence-electron chi connectivity index (χ2n) is 8.44. The van der Waals surface area contributed by atoms with Crippen LogP contribution in [0.5, 0.6) is 0 Å². The number of hydrogen-bond acceptors (Lipinski definition) is 2. The summed E-state index contributed by atoms with van der Waals surface area (Å²) in [7, 11) is 0. The van der Waals surface area contributed by atoms with Gasteiger partial charge in [-0.3, -0.25) is 4.79 Å². The van der Waals surface area contributed by atoms with Gasteiger partial charge >= 0.3 is 5.97 Å². The Morgan fingerprint density at radius 3 is 2.47 bits per heavy atom. The Morgan fingerprint density at radius 2 is 1.84 bits per heavy atom. The molecule has 2 unspecified atom stereocenters. The van der Waals surface area contributed by atoms with E-state index in [-0.39, 0.29) is 11.6 Å². The van der Waals surface area contributed by atoms with Crippen LogP contribution in [0.2, 0.25) is 0 Å². The summed E-state index contributed by atoms with van der Waals surface area (Å²) in [5, 5.41) is 0. The van der Waals surface area contributed by atoms with Crippen LogP contribution in [0, 0.1) is 22.7 Å². The Morgan fingerprint density at radius 1 is 1.11 bits per heavy atom. The fourth-order valence-corrected chi connectivity index (χ4v) is 5.59. The molecule has 2 heteroatoms. The Kier molecular flexibility index (Phi) is 2.82. The first-order valence-electron chi connectivity index (χ1n) is 7.96. The number of carbonyl (C=O) groups excluding carboxylic acids is 1. The maximum absolute atomic E-state index is 11.6. The number of ether oxygens (including phenoxy) is 1. The summed E-state index contributed by atoms with van der Waals surface area (Å²) in [5.41, 5.74) is 0.724. The first kappa shape index (κ1) is 13.5. The van der Waals surface area contributed by atoms with Gasteiger partial charge < -0.3 is 4.74 Å². The van der Waals surface area contributed by atoms with Crippen LogP contribution in [0.3, 0.4) is 0 Å². The number of fused-ring (bicyclic) bond motifs is 4. The lowest BCUT2D eigenvalue weighted by atomic mass is 9.49. The summed E-state index contributed by atoms with van der Waals surface area (Å²) in [6.07, 6.45) is 8.64. The molecule has 0 aliphatic heterocycles. The topological polar surface area (TPSA) is 26.3 Å². The molecule has 0 radical (unpaired) electrons. The maximum Gasteiger partial charge on any atom is 0.303 e. The number of carbonyl (C=O) groups is 1. The van der Waals surface area contributed by atoms with Crippen molar-refractivity contribution in [1.82, 2.24) is 0 Å². The van der Waals surface area contributed by atoms with E-state index in [1.54, 1.807) is 6.92 Å². The monoisotopic (exact) mass is 264 g/mol. The molecule has 0 aromatic heterocycles. The van der Waals surface area contributed by atoms with Gasteiger partial charge in [0.15, 0.2) is 0 Å². The SMILES string of the molecule is CC(=O)O[C@@]12CCCC(C)(CC[C@@H]3C1CC3(C)C)C2. The molecule has 0 aromatic rings. The van der Waals surface area contributed by atoms with Crippen molar-refractivity contribution in [3.8, 4) is 0 Å². The molecule has 3 aliphatic carbocycles. The van der Waals surface area contributed by atoms with Crippen molar-refractivity contribution >= 4 is 5.97 Å². The van der Waals surface area contributed by atoms with Gasteiger partial charge in [0.05, 0.1) is 0 Å². The maximum atomic E-state index is 11.6. The van der Waals surface area contributed by atoms with Gasteiger partial charge in [-0.25, -0.2) is 0 Å². The molecule has 19 heavy (non-hydrogen) atoms. The van der Waals surface area contributed by atoms with Crippen molar-refractivity contribution in [1.29, 1.82) is 0 Å². The van der Waals surface area contributed by atoms with E-state index in [4.69, 9.17) is 4.74 Å². The highest BCUT2D eigenvalue weighted by Crippen LogP contribution is 2.65. The van der Waals surface area contributed by atoms with E-state index in [0.717, 1.165) is 18.8 Å². The van der Waals surface area contributed by atoms with Crippen molar-refractivity contribution in [2.24, 2.45) is 22.7 Å². The Bertz CT molecular complexity index is 400. The molecule has 3 rings (SSSR count). The van der Waals surface area contributed by atoms with Crippen LogP contribution in [0.25, 0.3) is 0 Å². The molecule has 2 nitrogen and oxygen atoms in total. The van der Waals surface area contributed by atoms with Crippen LogP contribution in [0.15, 0.2) is 0 Å². The predicted octanol–water partition coefficient (Wildman–Crippen LogP) is 4.32. The number of esters is 1. The fraction of sp³-hybridized carbons (Fsp3) is 0.941. The molecule has 3 saturated carbocycles. The van der Waals surface area contributed by atoms with Crippen molar-refractivity contribution < 1.29 is 9.53 Å². The van der Waals surface area contributed by atoms with Crippen LogP contribution in [0.1, 0.15) is 72.6 Å². The Hall–Kier alpha value is -0.530. The third kappa shape index (κ3) is 2.02. The molecule has 0 aromatic carbocycles. The molecule has 0 N–H and O–H groups in total. The molecule has 0 spiro atoms. The van der Waals surface area contributed by atoms with Gasteiger partial charge in [-0.05, 0) is 61.7 Å². The van der Waals surface area contributed by atoms with Crippen molar-refractivity contribution in [2.75, 3.05) is 0 Å². The average molecular weight is 264 g/mol. The van der Waals surface area contributed by atoms with Gasteiger partial charge in [0, 0.05) is 12.8 Å². The number of hydrogen-bond donors (Lipinski definition) is 0.